The van der Waals surface area contributed by atoms with Crippen LogP contribution in [0.3, 0.4) is 0 Å². The molecule has 0 spiro atoms. The fourth-order valence-electron chi connectivity index (χ4n) is 3.45. The summed E-state index contributed by atoms with van der Waals surface area (Å²) in [5.41, 5.74) is 0.506. The molecular weight excluding hydrogens is 260 g/mol. The Morgan fingerprint density at radius 3 is 2.24 bits per heavy atom. The molecule has 0 aromatic rings. The summed E-state index contributed by atoms with van der Waals surface area (Å²) < 4.78 is 0. The van der Waals surface area contributed by atoms with Crippen LogP contribution >= 0.6 is 0 Å². The second kappa shape index (κ2) is 7.62. The van der Waals surface area contributed by atoms with Crippen LogP contribution in [-0.4, -0.2) is 24.5 Å². The van der Waals surface area contributed by atoms with Gasteiger partial charge in [0.1, 0.15) is 0 Å². The van der Waals surface area contributed by atoms with Crippen molar-refractivity contribution < 1.29 is 4.79 Å². The molecule has 0 unspecified atom stereocenters. The molecule has 122 valence electrons. The van der Waals surface area contributed by atoms with Crippen LogP contribution in [0.15, 0.2) is 0 Å². The van der Waals surface area contributed by atoms with Crippen molar-refractivity contribution in [2.45, 2.75) is 90.6 Å². The second-order valence-electron chi connectivity index (χ2n) is 7.79. The van der Waals surface area contributed by atoms with E-state index < -0.39 is 0 Å². The van der Waals surface area contributed by atoms with Crippen molar-refractivity contribution in [1.82, 2.24) is 10.6 Å². The molecule has 0 aliphatic heterocycles. The molecular formula is C18H34N2O. The lowest BCUT2D eigenvalue weighted by molar-refractivity contribution is -0.121. The van der Waals surface area contributed by atoms with E-state index in [1.165, 1.54) is 44.9 Å². The minimum atomic E-state index is 0.243. The molecule has 0 atom stereocenters. The molecule has 2 rings (SSSR count). The van der Waals surface area contributed by atoms with E-state index in [9.17, 15) is 4.79 Å². The smallest absolute Gasteiger partial charge is 0.220 e. The van der Waals surface area contributed by atoms with Crippen LogP contribution in [0, 0.1) is 11.3 Å². The zero-order valence-electron chi connectivity index (χ0n) is 14.2. The van der Waals surface area contributed by atoms with Crippen LogP contribution in [0.1, 0.15) is 78.6 Å². The molecule has 2 N–H and O–H groups in total. The van der Waals surface area contributed by atoms with Gasteiger partial charge in [-0.15, -0.1) is 0 Å². The average Bonchev–Trinajstić information content (AvgIpc) is 3.28. The van der Waals surface area contributed by atoms with Gasteiger partial charge in [0.05, 0.1) is 0 Å². The molecule has 0 aromatic carbocycles. The van der Waals surface area contributed by atoms with Gasteiger partial charge in [0.15, 0.2) is 0 Å². The fraction of sp³-hybridized carbons (Fsp3) is 0.944. The first-order valence-corrected chi connectivity index (χ1v) is 9.04. The van der Waals surface area contributed by atoms with E-state index in [0.29, 0.717) is 23.9 Å². The Kier molecular flexibility index (Phi) is 6.09. The second-order valence-corrected chi connectivity index (χ2v) is 7.79. The third-order valence-electron chi connectivity index (χ3n) is 5.70. The Morgan fingerprint density at radius 1 is 1.05 bits per heavy atom. The molecule has 0 heterocycles. The first kappa shape index (κ1) is 16.8. The Hall–Kier alpha value is -0.570. The van der Waals surface area contributed by atoms with E-state index in [2.05, 4.69) is 31.4 Å². The van der Waals surface area contributed by atoms with Crippen molar-refractivity contribution in [3.05, 3.63) is 0 Å². The number of hydrogen-bond acceptors (Lipinski definition) is 2. The Bertz CT molecular complexity index is 328. The van der Waals surface area contributed by atoms with Gasteiger partial charge in [0, 0.05) is 18.5 Å². The number of hydrogen-bond donors (Lipinski definition) is 2. The van der Waals surface area contributed by atoms with Crippen LogP contribution in [0.5, 0.6) is 0 Å². The number of carbonyl (C=O) groups is 1. The third kappa shape index (κ3) is 5.61. The predicted octanol–water partition coefficient (Wildman–Crippen LogP) is 3.63. The fourth-order valence-corrected chi connectivity index (χ4v) is 3.45. The highest BCUT2D eigenvalue weighted by Crippen LogP contribution is 2.40. The highest BCUT2D eigenvalue weighted by Gasteiger charge is 2.31. The van der Waals surface area contributed by atoms with Crippen LogP contribution in [-0.2, 0) is 4.79 Å². The molecule has 2 aliphatic rings. The molecule has 0 aromatic heterocycles. The van der Waals surface area contributed by atoms with E-state index in [1.807, 2.05) is 0 Å². The van der Waals surface area contributed by atoms with E-state index in [4.69, 9.17) is 0 Å². The van der Waals surface area contributed by atoms with Crippen molar-refractivity contribution in [1.29, 1.82) is 0 Å². The van der Waals surface area contributed by atoms with Gasteiger partial charge in [0.2, 0.25) is 5.91 Å². The number of nitrogens with one attached hydrogen (secondary N) is 2. The van der Waals surface area contributed by atoms with Crippen LogP contribution in [0.4, 0.5) is 0 Å². The van der Waals surface area contributed by atoms with Gasteiger partial charge in [-0.3, -0.25) is 4.79 Å². The van der Waals surface area contributed by atoms with E-state index in [0.717, 1.165) is 18.9 Å². The maximum atomic E-state index is 11.6. The topological polar surface area (TPSA) is 41.1 Å². The van der Waals surface area contributed by atoms with Gasteiger partial charge in [-0.2, -0.15) is 0 Å². The molecule has 2 saturated carbocycles. The number of rotatable bonds is 8. The summed E-state index contributed by atoms with van der Waals surface area (Å²) in [6.07, 6.45) is 10.6. The van der Waals surface area contributed by atoms with Gasteiger partial charge in [-0.1, -0.05) is 27.2 Å². The molecule has 2 fully saturated rings. The minimum Gasteiger partial charge on any atom is -0.353 e. The summed E-state index contributed by atoms with van der Waals surface area (Å²) in [6.45, 7) is 8.15. The standard InChI is InChI=1S/C18H34N2O/c1-4-18(2,3)14-7-9-15(10-8-14)19-13-5-6-17(21)20-16-11-12-16/h14-16,19H,4-13H2,1-3H3,(H,20,21). The minimum absolute atomic E-state index is 0.243. The van der Waals surface area contributed by atoms with Crippen molar-refractivity contribution in [3.63, 3.8) is 0 Å². The summed E-state index contributed by atoms with van der Waals surface area (Å²) in [4.78, 5) is 11.6. The molecule has 1 amide bonds. The zero-order chi connectivity index (χ0) is 15.3. The zero-order valence-corrected chi connectivity index (χ0v) is 14.2. The highest BCUT2D eigenvalue weighted by atomic mass is 16.1. The Balaban J connectivity index is 1.53. The van der Waals surface area contributed by atoms with E-state index in [1.54, 1.807) is 0 Å². The van der Waals surface area contributed by atoms with Crippen molar-refractivity contribution in [2.24, 2.45) is 11.3 Å². The van der Waals surface area contributed by atoms with Gasteiger partial charge in [0.25, 0.3) is 0 Å². The van der Waals surface area contributed by atoms with Gasteiger partial charge < -0.3 is 10.6 Å². The van der Waals surface area contributed by atoms with Crippen molar-refractivity contribution in [2.75, 3.05) is 6.54 Å². The van der Waals surface area contributed by atoms with Gasteiger partial charge >= 0.3 is 0 Å². The lowest BCUT2D eigenvalue weighted by atomic mass is 9.69. The lowest BCUT2D eigenvalue weighted by Gasteiger charge is -2.39. The summed E-state index contributed by atoms with van der Waals surface area (Å²) in [7, 11) is 0. The quantitative estimate of drug-likeness (QED) is 0.671. The molecule has 2 aliphatic carbocycles. The van der Waals surface area contributed by atoms with Crippen molar-refractivity contribution in [3.8, 4) is 0 Å². The summed E-state index contributed by atoms with van der Waals surface area (Å²) in [6, 6.07) is 1.18. The number of amides is 1. The normalized spacial score (nSPS) is 26.6. The molecule has 0 radical (unpaired) electrons. The van der Waals surface area contributed by atoms with Crippen LogP contribution in [0.2, 0.25) is 0 Å². The summed E-state index contributed by atoms with van der Waals surface area (Å²) >= 11 is 0. The maximum absolute atomic E-state index is 11.6. The third-order valence-corrected chi connectivity index (χ3v) is 5.70. The van der Waals surface area contributed by atoms with Gasteiger partial charge in [-0.05, 0) is 62.8 Å². The molecule has 0 saturated heterocycles. The summed E-state index contributed by atoms with van der Waals surface area (Å²) in [5, 5.41) is 6.71. The van der Waals surface area contributed by atoms with E-state index >= 15 is 0 Å². The molecule has 0 bridgehead atoms. The lowest BCUT2D eigenvalue weighted by Crippen LogP contribution is -2.37. The molecule has 3 heteroatoms. The Morgan fingerprint density at radius 2 is 1.67 bits per heavy atom. The SMILES string of the molecule is CCC(C)(C)C1CCC(NCCCC(=O)NC2CC2)CC1. The van der Waals surface area contributed by atoms with Gasteiger partial charge in [-0.25, -0.2) is 0 Å². The highest BCUT2D eigenvalue weighted by molar-refractivity contribution is 5.76. The maximum Gasteiger partial charge on any atom is 0.220 e. The first-order chi connectivity index (χ1) is 10.0. The molecule has 3 nitrogen and oxygen atoms in total. The molecule has 21 heavy (non-hydrogen) atoms. The van der Waals surface area contributed by atoms with Crippen LogP contribution in [0.25, 0.3) is 0 Å². The van der Waals surface area contributed by atoms with E-state index in [-0.39, 0.29) is 5.91 Å². The van der Waals surface area contributed by atoms with Crippen LogP contribution < -0.4 is 10.6 Å². The first-order valence-electron chi connectivity index (χ1n) is 9.04. The Labute approximate surface area is 130 Å². The largest absolute Gasteiger partial charge is 0.353 e. The predicted molar refractivity (Wildman–Crippen MR) is 88.2 cm³/mol. The summed E-state index contributed by atoms with van der Waals surface area (Å²) in [5.74, 6) is 1.14. The average molecular weight is 294 g/mol. The monoisotopic (exact) mass is 294 g/mol. The van der Waals surface area contributed by atoms with Crippen molar-refractivity contribution >= 4 is 5.91 Å². The number of carbonyl (C=O) groups excluding carboxylic acids is 1.